The Hall–Kier alpha value is -2.31. The molecule has 0 saturated carbocycles. The predicted octanol–water partition coefficient (Wildman–Crippen LogP) is 2.55. The van der Waals surface area contributed by atoms with Crippen LogP contribution in [0.5, 0.6) is 5.75 Å². The Labute approximate surface area is 115 Å². The lowest BCUT2D eigenvalue weighted by Crippen LogP contribution is -2.34. The number of amides is 1. The molecule has 0 saturated heterocycles. The highest BCUT2D eigenvalue weighted by atomic mass is 19.1. The summed E-state index contributed by atoms with van der Waals surface area (Å²) in [6.45, 7) is 5.23. The van der Waals surface area contributed by atoms with E-state index in [0.717, 1.165) is 12.3 Å². The van der Waals surface area contributed by atoms with Crippen molar-refractivity contribution in [2.75, 3.05) is 11.9 Å². The van der Waals surface area contributed by atoms with Crippen LogP contribution in [0.1, 0.15) is 20.8 Å². The number of carbonyl (C=O) groups excluding carboxylic acids is 1. The average molecular weight is 281 g/mol. The van der Waals surface area contributed by atoms with Crippen molar-refractivity contribution < 1.29 is 19.0 Å². The van der Waals surface area contributed by atoms with Crippen LogP contribution in [0, 0.1) is 5.82 Å². The average Bonchev–Trinajstić information content (AvgIpc) is 2.68. The Bertz CT molecular complexity index is 661. The summed E-state index contributed by atoms with van der Waals surface area (Å²) in [5.74, 6) is -0.929. The molecular formula is C13H16FN3O3. The van der Waals surface area contributed by atoms with Gasteiger partial charge in [-0.15, -0.1) is 0 Å². The minimum atomic E-state index is -0.673. The first kappa shape index (κ1) is 14.1. The third-order valence-electron chi connectivity index (χ3n) is 2.59. The van der Waals surface area contributed by atoms with E-state index in [0.29, 0.717) is 0 Å². The number of anilines is 1. The van der Waals surface area contributed by atoms with Crippen molar-refractivity contribution in [3.8, 4) is 5.75 Å². The van der Waals surface area contributed by atoms with Gasteiger partial charge in [0.15, 0.2) is 11.6 Å². The third-order valence-corrected chi connectivity index (χ3v) is 2.59. The molecule has 6 nitrogen and oxygen atoms in total. The number of pyridine rings is 1. The smallest absolute Gasteiger partial charge is 0.414 e. The van der Waals surface area contributed by atoms with E-state index in [1.165, 1.54) is 22.7 Å². The van der Waals surface area contributed by atoms with Crippen molar-refractivity contribution in [1.29, 1.82) is 0 Å². The molecule has 0 atom stereocenters. The Morgan fingerprint density at radius 1 is 1.50 bits per heavy atom. The highest BCUT2D eigenvalue weighted by Gasteiger charge is 2.22. The number of rotatable bonds is 1. The molecule has 7 heteroatoms. The van der Waals surface area contributed by atoms with Crippen LogP contribution in [-0.2, 0) is 4.74 Å². The zero-order valence-corrected chi connectivity index (χ0v) is 11.7. The monoisotopic (exact) mass is 281 g/mol. The minimum Gasteiger partial charge on any atom is -0.504 e. The number of ether oxygens (including phenoxy) is 1. The predicted molar refractivity (Wildman–Crippen MR) is 71.5 cm³/mol. The zero-order valence-electron chi connectivity index (χ0n) is 11.7. The Morgan fingerprint density at radius 3 is 2.75 bits per heavy atom. The first-order valence-corrected chi connectivity index (χ1v) is 6.01. The zero-order chi connectivity index (χ0) is 15.1. The van der Waals surface area contributed by atoms with E-state index < -0.39 is 17.5 Å². The number of aromatic hydroxyl groups is 1. The molecule has 2 aromatic heterocycles. The Balaban J connectivity index is 2.35. The van der Waals surface area contributed by atoms with Gasteiger partial charge in [0.2, 0.25) is 0 Å². The van der Waals surface area contributed by atoms with Crippen LogP contribution >= 0.6 is 0 Å². The molecule has 0 radical (unpaired) electrons. The van der Waals surface area contributed by atoms with Gasteiger partial charge in [0.1, 0.15) is 11.1 Å². The van der Waals surface area contributed by atoms with Gasteiger partial charge in [0.25, 0.3) is 0 Å². The molecule has 0 unspecified atom stereocenters. The van der Waals surface area contributed by atoms with E-state index in [4.69, 9.17) is 4.74 Å². The normalized spacial score (nSPS) is 11.7. The number of hydrogen-bond acceptors (Lipinski definition) is 4. The maximum atomic E-state index is 13.9. The van der Waals surface area contributed by atoms with Gasteiger partial charge < -0.3 is 9.84 Å². The van der Waals surface area contributed by atoms with Gasteiger partial charge in [0, 0.05) is 13.1 Å². The molecular weight excluding hydrogens is 265 g/mol. The van der Waals surface area contributed by atoms with Crippen molar-refractivity contribution in [2.45, 2.75) is 26.4 Å². The fraction of sp³-hybridized carbons (Fsp3) is 0.385. The topological polar surface area (TPSA) is 67.1 Å². The van der Waals surface area contributed by atoms with Crippen LogP contribution in [0.25, 0.3) is 5.52 Å². The fourth-order valence-corrected chi connectivity index (χ4v) is 1.66. The quantitative estimate of drug-likeness (QED) is 0.872. The van der Waals surface area contributed by atoms with E-state index >= 15 is 0 Å². The lowest BCUT2D eigenvalue weighted by Gasteiger charge is -2.24. The molecule has 20 heavy (non-hydrogen) atoms. The number of halogens is 1. The molecule has 0 bridgehead atoms. The molecule has 2 aromatic rings. The first-order chi connectivity index (χ1) is 9.19. The van der Waals surface area contributed by atoms with E-state index in [1.807, 2.05) is 0 Å². The summed E-state index contributed by atoms with van der Waals surface area (Å²) in [5, 5.41) is 13.3. The molecule has 108 valence electrons. The highest BCUT2D eigenvalue weighted by Crippen LogP contribution is 2.25. The van der Waals surface area contributed by atoms with Crippen molar-refractivity contribution in [2.24, 2.45) is 0 Å². The van der Waals surface area contributed by atoms with Crippen molar-refractivity contribution >= 4 is 17.3 Å². The molecule has 0 aromatic carbocycles. The number of fused-ring (bicyclic) bond motifs is 1. The molecule has 0 spiro atoms. The molecule has 0 aliphatic carbocycles. The van der Waals surface area contributed by atoms with Crippen LogP contribution < -0.4 is 4.90 Å². The van der Waals surface area contributed by atoms with Crippen molar-refractivity contribution in [3.05, 3.63) is 24.3 Å². The van der Waals surface area contributed by atoms with Gasteiger partial charge in [-0.3, -0.25) is 4.90 Å². The van der Waals surface area contributed by atoms with E-state index in [9.17, 15) is 14.3 Å². The van der Waals surface area contributed by atoms with Gasteiger partial charge in [-0.25, -0.2) is 13.7 Å². The van der Waals surface area contributed by atoms with Gasteiger partial charge in [-0.2, -0.15) is 5.10 Å². The Kier molecular flexibility index (Phi) is 3.29. The maximum Gasteiger partial charge on any atom is 0.414 e. The molecule has 1 N–H and O–H groups in total. The molecule has 0 aliphatic rings. The highest BCUT2D eigenvalue weighted by molar-refractivity contribution is 5.87. The van der Waals surface area contributed by atoms with Crippen LogP contribution in [0.2, 0.25) is 0 Å². The number of carbonyl (C=O) groups is 1. The van der Waals surface area contributed by atoms with Crippen LogP contribution in [0.15, 0.2) is 18.5 Å². The summed E-state index contributed by atoms with van der Waals surface area (Å²) in [6.07, 6.45) is 1.96. The maximum absolute atomic E-state index is 13.9. The van der Waals surface area contributed by atoms with Crippen LogP contribution in [0.3, 0.4) is 0 Å². The second-order valence-electron chi connectivity index (χ2n) is 5.41. The van der Waals surface area contributed by atoms with Gasteiger partial charge in [-0.05, 0) is 20.8 Å². The summed E-state index contributed by atoms with van der Waals surface area (Å²) in [4.78, 5) is 13.1. The summed E-state index contributed by atoms with van der Waals surface area (Å²) < 4.78 is 20.3. The van der Waals surface area contributed by atoms with Crippen molar-refractivity contribution in [1.82, 2.24) is 9.61 Å². The van der Waals surface area contributed by atoms with E-state index in [2.05, 4.69) is 5.10 Å². The summed E-state index contributed by atoms with van der Waals surface area (Å²) in [5.41, 5.74) is -0.406. The number of hydrogen-bond donors (Lipinski definition) is 1. The minimum absolute atomic E-state index is 0.0358. The molecule has 0 aliphatic heterocycles. The Morgan fingerprint density at radius 2 is 2.15 bits per heavy atom. The van der Waals surface area contributed by atoms with Gasteiger partial charge >= 0.3 is 6.09 Å². The summed E-state index contributed by atoms with van der Waals surface area (Å²) in [6, 6.07) is 1.14. The second-order valence-corrected chi connectivity index (χ2v) is 5.41. The molecule has 2 rings (SSSR count). The number of nitrogens with zero attached hydrogens (tertiary/aromatic N) is 3. The first-order valence-electron chi connectivity index (χ1n) is 6.01. The van der Waals surface area contributed by atoms with E-state index in [1.54, 1.807) is 20.8 Å². The van der Waals surface area contributed by atoms with Crippen LogP contribution in [-0.4, -0.2) is 33.5 Å². The summed E-state index contributed by atoms with van der Waals surface area (Å²) >= 11 is 0. The van der Waals surface area contributed by atoms with Gasteiger partial charge in [-0.1, -0.05) is 0 Å². The number of aromatic nitrogens is 2. The lowest BCUT2D eigenvalue weighted by atomic mass is 10.2. The van der Waals surface area contributed by atoms with Crippen molar-refractivity contribution in [3.63, 3.8) is 0 Å². The van der Waals surface area contributed by atoms with Gasteiger partial charge in [0.05, 0.1) is 18.1 Å². The molecule has 2 heterocycles. The molecule has 1 amide bonds. The summed E-state index contributed by atoms with van der Waals surface area (Å²) in [7, 11) is 1.47. The SMILES string of the molecule is CN(C(=O)OC(C)(C)C)c1cc(F)c2c(O)cnn2c1. The van der Waals surface area contributed by atoms with Crippen LogP contribution in [0.4, 0.5) is 14.9 Å². The third kappa shape index (κ3) is 2.66. The molecule has 0 fully saturated rings. The largest absolute Gasteiger partial charge is 0.504 e. The second kappa shape index (κ2) is 4.66. The lowest BCUT2D eigenvalue weighted by molar-refractivity contribution is 0.0589. The van der Waals surface area contributed by atoms with E-state index in [-0.39, 0.29) is 17.0 Å². The standard InChI is InChI=1S/C13H16FN3O3/c1-13(2,3)20-12(19)16(4)8-5-9(14)11-10(18)6-15-17(11)7-8/h5-7,18H,1-4H3. The fourth-order valence-electron chi connectivity index (χ4n) is 1.66.